The Kier molecular flexibility index (Phi) is 8.06. The molecule has 0 bridgehead atoms. The molecule has 3 aromatic rings. The second-order valence-corrected chi connectivity index (χ2v) is 10.0. The van der Waals surface area contributed by atoms with E-state index in [2.05, 4.69) is 46.1 Å². The maximum atomic E-state index is 13.0. The summed E-state index contributed by atoms with van der Waals surface area (Å²) in [6.45, 7) is 6.09. The third-order valence-electron chi connectivity index (χ3n) is 7.15. The molecule has 194 valence electrons. The van der Waals surface area contributed by atoms with E-state index in [1.807, 2.05) is 30.7 Å². The zero-order valence-electron chi connectivity index (χ0n) is 21.8. The van der Waals surface area contributed by atoms with Crippen LogP contribution in [0.15, 0.2) is 54.6 Å². The van der Waals surface area contributed by atoms with E-state index in [0.29, 0.717) is 18.0 Å². The Hall–Kier alpha value is -3.94. The summed E-state index contributed by atoms with van der Waals surface area (Å²) in [5.41, 5.74) is 11.4. The van der Waals surface area contributed by atoms with Crippen molar-refractivity contribution in [1.29, 1.82) is 5.41 Å². The van der Waals surface area contributed by atoms with Gasteiger partial charge in [-0.25, -0.2) is 4.68 Å². The second-order valence-electron chi connectivity index (χ2n) is 10.0. The van der Waals surface area contributed by atoms with Crippen LogP contribution in [0.25, 0.3) is 5.69 Å². The van der Waals surface area contributed by atoms with Gasteiger partial charge in [-0.15, -0.1) is 0 Å². The molecule has 3 atom stereocenters. The average Bonchev–Trinajstić information content (AvgIpc) is 3.25. The number of hydrogen-bond acceptors (Lipinski definition) is 4. The van der Waals surface area contributed by atoms with Gasteiger partial charge in [-0.2, -0.15) is 5.10 Å². The van der Waals surface area contributed by atoms with Crippen LogP contribution in [0.4, 0.5) is 0 Å². The van der Waals surface area contributed by atoms with Gasteiger partial charge in [0, 0.05) is 23.7 Å². The highest BCUT2D eigenvalue weighted by Crippen LogP contribution is 2.36. The van der Waals surface area contributed by atoms with Crippen LogP contribution in [-0.4, -0.2) is 33.5 Å². The smallest absolute Gasteiger partial charge is 0.242 e. The second kappa shape index (κ2) is 11.4. The van der Waals surface area contributed by atoms with E-state index >= 15 is 0 Å². The molecule has 8 nitrogen and oxygen atoms in total. The van der Waals surface area contributed by atoms with Crippen LogP contribution in [0.5, 0.6) is 0 Å². The number of amidine groups is 1. The summed E-state index contributed by atoms with van der Waals surface area (Å²) in [4.78, 5) is 25.6. The molecule has 2 amide bonds. The van der Waals surface area contributed by atoms with Gasteiger partial charge < -0.3 is 16.4 Å². The van der Waals surface area contributed by atoms with Crippen LogP contribution in [0.3, 0.4) is 0 Å². The third-order valence-corrected chi connectivity index (χ3v) is 7.15. The normalized spacial score (nSPS) is 18.1. The quantitative estimate of drug-likeness (QED) is 0.277. The number of benzene rings is 2. The molecule has 4 rings (SSSR count). The number of nitrogen functional groups attached to an aromatic ring is 1. The fourth-order valence-corrected chi connectivity index (χ4v) is 5.05. The Labute approximate surface area is 218 Å². The van der Waals surface area contributed by atoms with Crippen LogP contribution in [0, 0.1) is 25.2 Å². The highest BCUT2D eigenvalue weighted by molar-refractivity contribution is 5.94. The van der Waals surface area contributed by atoms with Crippen molar-refractivity contribution in [2.75, 3.05) is 0 Å². The van der Waals surface area contributed by atoms with Crippen molar-refractivity contribution in [3.63, 3.8) is 0 Å². The molecule has 0 aliphatic heterocycles. The van der Waals surface area contributed by atoms with Gasteiger partial charge in [0.2, 0.25) is 11.8 Å². The summed E-state index contributed by atoms with van der Waals surface area (Å²) >= 11 is 0. The first-order chi connectivity index (χ1) is 17.7. The third kappa shape index (κ3) is 6.44. The van der Waals surface area contributed by atoms with Gasteiger partial charge in [0.1, 0.15) is 11.9 Å². The molecule has 0 saturated heterocycles. The van der Waals surface area contributed by atoms with Crippen molar-refractivity contribution < 1.29 is 9.59 Å². The summed E-state index contributed by atoms with van der Waals surface area (Å²) in [5, 5.41) is 17.8. The monoisotopic (exact) mass is 500 g/mol. The fourth-order valence-electron chi connectivity index (χ4n) is 5.05. The Morgan fingerprint density at radius 3 is 2.43 bits per heavy atom. The lowest BCUT2D eigenvalue weighted by Crippen LogP contribution is -2.47. The number of carbonyl (C=O) groups is 2. The lowest BCUT2D eigenvalue weighted by molar-refractivity contribution is -0.131. The zero-order chi connectivity index (χ0) is 26.5. The maximum absolute atomic E-state index is 13.0. The first kappa shape index (κ1) is 26.1. The molecular weight excluding hydrogens is 464 g/mol. The van der Waals surface area contributed by atoms with Crippen LogP contribution in [0.2, 0.25) is 0 Å². The van der Waals surface area contributed by atoms with E-state index in [1.165, 1.54) is 5.56 Å². The van der Waals surface area contributed by atoms with Crippen molar-refractivity contribution in [1.82, 2.24) is 20.4 Å². The molecule has 37 heavy (non-hydrogen) atoms. The number of nitrogens with one attached hydrogen (secondary N) is 3. The molecule has 0 unspecified atom stereocenters. The van der Waals surface area contributed by atoms with Gasteiger partial charge >= 0.3 is 0 Å². The average molecular weight is 501 g/mol. The van der Waals surface area contributed by atoms with Crippen molar-refractivity contribution >= 4 is 17.6 Å². The molecule has 1 saturated carbocycles. The standard InChI is InChI=1S/C29H36N6O2/c1-18-15-19(2)35(34-18)26-13-11-22(12-14-26)24-5-4-6-25(16-24)29(37)33-20(3)28(36)32-17-21-7-9-23(10-8-21)27(30)31/h7-15,20,24-25H,4-6,16-17H2,1-3H3,(H3,30,31)(H,32,36)(H,33,37)/t20-,24-,25+/m0/s1. The van der Waals surface area contributed by atoms with Crippen molar-refractivity contribution in [3.05, 3.63) is 82.7 Å². The highest BCUT2D eigenvalue weighted by atomic mass is 16.2. The highest BCUT2D eigenvalue weighted by Gasteiger charge is 2.29. The molecule has 1 heterocycles. The summed E-state index contributed by atoms with van der Waals surface area (Å²) in [5.74, 6) is -0.0632. The minimum absolute atomic E-state index is 0.00766. The Balaban J connectivity index is 1.29. The Morgan fingerprint density at radius 1 is 1.11 bits per heavy atom. The Morgan fingerprint density at radius 2 is 1.81 bits per heavy atom. The van der Waals surface area contributed by atoms with Gasteiger partial charge in [0.25, 0.3) is 0 Å². The summed E-state index contributed by atoms with van der Waals surface area (Å²) in [6.07, 6.45) is 3.66. The number of amides is 2. The first-order valence-corrected chi connectivity index (χ1v) is 12.9. The van der Waals surface area contributed by atoms with Gasteiger partial charge in [-0.3, -0.25) is 15.0 Å². The fraction of sp³-hybridized carbons (Fsp3) is 0.379. The minimum Gasteiger partial charge on any atom is -0.384 e. The van der Waals surface area contributed by atoms with Crippen molar-refractivity contribution in [2.24, 2.45) is 11.7 Å². The topological polar surface area (TPSA) is 126 Å². The summed E-state index contributed by atoms with van der Waals surface area (Å²) in [7, 11) is 0. The summed E-state index contributed by atoms with van der Waals surface area (Å²) in [6, 6.07) is 17.1. The Bertz CT molecular complexity index is 1260. The van der Waals surface area contributed by atoms with Crippen LogP contribution >= 0.6 is 0 Å². The molecular formula is C29H36N6O2. The van der Waals surface area contributed by atoms with Gasteiger partial charge in [-0.05, 0) is 75.3 Å². The summed E-state index contributed by atoms with van der Waals surface area (Å²) < 4.78 is 1.95. The van der Waals surface area contributed by atoms with E-state index in [0.717, 1.165) is 48.3 Å². The van der Waals surface area contributed by atoms with Crippen LogP contribution < -0.4 is 16.4 Å². The lowest BCUT2D eigenvalue weighted by atomic mass is 9.77. The number of aromatic nitrogens is 2. The lowest BCUT2D eigenvalue weighted by Gasteiger charge is -2.29. The van der Waals surface area contributed by atoms with Gasteiger partial charge in [0.15, 0.2) is 0 Å². The minimum atomic E-state index is -0.621. The maximum Gasteiger partial charge on any atom is 0.242 e. The molecule has 1 aromatic heterocycles. The van der Waals surface area contributed by atoms with Crippen molar-refractivity contribution in [2.45, 2.75) is 65.0 Å². The number of rotatable bonds is 8. The molecule has 2 aromatic carbocycles. The van der Waals surface area contributed by atoms with Gasteiger partial charge in [0.05, 0.1) is 11.4 Å². The molecule has 1 aliphatic carbocycles. The largest absolute Gasteiger partial charge is 0.384 e. The predicted octanol–water partition coefficient (Wildman–Crippen LogP) is 3.87. The van der Waals surface area contributed by atoms with Crippen LogP contribution in [-0.2, 0) is 16.1 Å². The predicted molar refractivity (Wildman–Crippen MR) is 145 cm³/mol. The number of nitrogens with two attached hydrogens (primary N) is 1. The SMILES string of the molecule is Cc1cc(C)n(-c2ccc([C@H]3CCC[C@@H](C(=O)N[C@@H](C)C(=O)NCc4ccc(C(=N)N)cc4)C3)cc2)n1. The van der Waals surface area contributed by atoms with Crippen LogP contribution in [0.1, 0.15) is 66.6 Å². The van der Waals surface area contributed by atoms with Gasteiger partial charge in [-0.1, -0.05) is 42.8 Å². The molecule has 1 fully saturated rings. The molecule has 0 spiro atoms. The number of aryl methyl sites for hydroxylation is 2. The van der Waals surface area contributed by atoms with E-state index in [-0.39, 0.29) is 23.6 Å². The molecule has 5 N–H and O–H groups in total. The number of hydrogen-bond donors (Lipinski definition) is 4. The number of nitrogens with zero attached hydrogens (tertiary/aromatic N) is 2. The van der Waals surface area contributed by atoms with E-state index < -0.39 is 6.04 Å². The molecule has 0 radical (unpaired) electrons. The van der Waals surface area contributed by atoms with E-state index in [1.54, 1.807) is 19.1 Å². The van der Waals surface area contributed by atoms with E-state index in [9.17, 15) is 9.59 Å². The van der Waals surface area contributed by atoms with Crippen molar-refractivity contribution in [3.8, 4) is 5.69 Å². The number of carbonyl (C=O) groups excluding carboxylic acids is 2. The molecule has 8 heteroatoms. The molecule has 1 aliphatic rings. The van der Waals surface area contributed by atoms with E-state index in [4.69, 9.17) is 11.1 Å². The first-order valence-electron chi connectivity index (χ1n) is 12.9. The zero-order valence-corrected chi connectivity index (χ0v) is 21.8.